The number of hydrogen-bond acceptors (Lipinski definition) is 0. The molecule has 0 N–H and O–H groups in total. The Balaban J connectivity index is 4.48. The summed E-state index contributed by atoms with van der Waals surface area (Å²) in [6, 6.07) is 0. The first-order valence-corrected chi connectivity index (χ1v) is 5.04. The lowest BCUT2D eigenvalue weighted by Gasteiger charge is -2.11. The van der Waals surface area contributed by atoms with Gasteiger partial charge in [-0.25, -0.2) is 0 Å². The molecule has 70 valence electrons. The van der Waals surface area contributed by atoms with Crippen LogP contribution in [0.25, 0.3) is 0 Å². The quantitative estimate of drug-likeness (QED) is 0.528. The molecule has 0 heteroatoms. The van der Waals surface area contributed by atoms with Crippen molar-refractivity contribution in [3.05, 3.63) is 23.3 Å². The van der Waals surface area contributed by atoms with E-state index in [0.29, 0.717) is 0 Å². The highest BCUT2D eigenvalue weighted by atomic mass is 14.1. The van der Waals surface area contributed by atoms with Gasteiger partial charge in [0.15, 0.2) is 0 Å². The van der Waals surface area contributed by atoms with Crippen LogP contribution in [0.2, 0.25) is 0 Å². The van der Waals surface area contributed by atoms with Gasteiger partial charge in [-0.2, -0.15) is 0 Å². The van der Waals surface area contributed by atoms with E-state index in [0.717, 1.165) is 12.8 Å². The first-order valence-electron chi connectivity index (χ1n) is 5.04. The Bertz CT molecular complexity index is 172. The van der Waals surface area contributed by atoms with E-state index in [1.54, 1.807) is 0 Å². The summed E-state index contributed by atoms with van der Waals surface area (Å²) in [5.41, 5.74) is 4.36. The van der Waals surface area contributed by atoms with E-state index in [2.05, 4.69) is 34.3 Å². The van der Waals surface area contributed by atoms with Crippen LogP contribution in [0.4, 0.5) is 0 Å². The van der Waals surface area contributed by atoms with E-state index in [1.807, 2.05) is 0 Å². The molecule has 0 nitrogen and oxygen atoms in total. The first kappa shape index (κ1) is 11.5. The highest BCUT2D eigenvalue weighted by Crippen LogP contribution is 2.22. The second-order valence-corrected chi connectivity index (χ2v) is 3.32. The third-order valence-electron chi connectivity index (χ3n) is 2.35. The smallest absolute Gasteiger partial charge is 0.0305 e. The van der Waals surface area contributed by atoms with Crippen molar-refractivity contribution >= 4 is 0 Å². The Hall–Kier alpha value is -0.520. The average molecular weight is 166 g/mol. The van der Waals surface area contributed by atoms with Crippen molar-refractivity contribution in [2.24, 2.45) is 0 Å². The van der Waals surface area contributed by atoms with E-state index in [1.165, 1.54) is 29.6 Å². The fourth-order valence-corrected chi connectivity index (χ4v) is 1.59. The van der Waals surface area contributed by atoms with E-state index in [9.17, 15) is 0 Å². The van der Waals surface area contributed by atoms with Crippen LogP contribution in [0.15, 0.2) is 23.3 Å². The molecule has 0 aliphatic rings. The zero-order valence-corrected chi connectivity index (χ0v) is 9.04. The molecule has 0 rings (SSSR count). The van der Waals surface area contributed by atoms with E-state index >= 15 is 0 Å². The lowest BCUT2D eigenvalue weighted by atomic mass is 9.95. The molecule has 0 aliphatic carbocycles. The van der Waals surface area contributed by atoms with Gasteiger partial charge in [0.25, 0.3) is 0 Å². The van der Waals surface area contributed by atoms with Gasteiger partial charge in [0.1, 0.15) is 0 Å². The lowest BCUT2D eigenvalue weighted by Crippen LogP contribution is -1.91. The second kappa shape index (κ2) is 6.05. The number of allylic oxidation sites excluding steroid dienone is 3. The van der Waals surface area contributed by atoms with Gasteiger partial charge < -0.3 is 0 Å². The molecular weight excluding hydrogens is 144 g/mol. The van der Waals surface area contributed by atoms with E-state index in [4.69, 9.17) is 0 Å². The molecule has 0 fully saturated rings. The van der Waals surface area contributed by atoms with Crippen LogP contribution in [-0.4, -0.2) is 0 Å². The Morgan fingerprint density at radius 1 is 1.08 bits per heavy atom. The summed E-state index contributed by atoms with van der Waals surface area (Å²) in [5, 5.41) is 0. The van der Waals surface area contributed by atoms with Crippen molar-refractivity contribution in [3.63, 3.8) is 0 Å². The maximum Gasteiger partial charge on any atom is -0.0305 e. The highest BCUT2D eigenvalue weighted by Gasteiger charge is 2.02. The first-order chi connectivity index (χ1) is 5.67. The number of rotatable bonds is 5. The molecule has 0 aromatic carbocycles. The van der Waals surface area contributed by atoms with Crippen molar-refractivity contribution in [2.75, 3.05) is 0 Å². The summed E-state index contributed by atoms with van der Waals surface area (Å²) in [5.74, 6) is 0. The zero-order valence-electron chi connectivity index (χ0n) is 9.04. The van der Waals surface area contributed by atoms with E-state index < -0.39 is 0 Å². The molecule has 0 heterocycles. The van der Waals surface area contributed by atoms with Crippen LogP contribution in [0.5, 0.6) is 0 Å². The molecule has 0 aliphatic heterocycles. The molecule has 0 saturated carbocycles. The number of hydrogen-bond donors (Lipinski definition) is 0. The summed E-state index contributed by atoms with van der Waals surface area (Å²) >= 11 is 0. The molecule has 0 unspecified atom stereocenters. The van der Waals surface area contributed by atoms with Crippen LogP contribution in [0.1, 0.15) is 53.4 Å². The third-order valence-corrected chi connectivity index (χ3v) is 2.35. The van der Waals surface area contributed by atoms with Gasteiger partial charge in [0, 0.05) is 0 Å². The topological polar surface area (TPSA) is 0 Å². The van der Waals surface area contributed by atoms with Gasteiger partial charge in [-0.15, -0.1) is 0 Å². The van der Waals surface area contributed by atoms with Gasteiger partial charge in [-0.1, -0.05) is 44.9 Å². The Morgan fingerprint density at radius 3 is 2.00 bits per heavy atom. The van der Waals surface area contributed by atoms with Gasteiger partial charge in [0.05, 0.1) is 0 Å². The van der Waals surface area contributed by atoms with Crippen molar-refractivity contribution in [3.8, 4) is 0 Å². The molecule has 0 bridgehead atoms. The second-order valence-electron chi connectivity index (χ2n) is 3.32. The Kier molecular flexibility index (Phi) is 5.79. The SMILES string of the molecule is C=C(CC)/C(CC)=C(\C)CCC. The highest BCUT2D eigenvalue weighted by molar-refractivity contribution is 5.31. The zero-order chi connectivity index (χ0) is 9.56. The maximum atomic E-state index is 4.09. The summed E-state index contributed by atoms with van der Waals surface area (Å²) in [6.07, 6.45) is 4.69. The van der Waals surface area contributed by atoms with Gasteiger partial charge in [0.2, 0.25) is 0 Å². The molecule has 0 radical (unpaired) electrons. The van der Waals surface area contributed by atoms with Crippen LogP contribution in [0, 0.1) is 0 Å². The summed E-state index contributed by atoms with van der Waals surface area (Å²) in [6.45, 7) is 13.0. The van der Waals surface area contributed by atoms with Crippen molar-refractivity contribution in [2.45, 2.75) is 53.4 Å². The predicted molar refractivity (Wildman–Crippen MR) is 57.3 cm³/mol. The molecule has 0 saturated heterocycles. The fraction of sp³-hybridized carbons (Fsp3) is 0.667. The minimum atomic E-state index is 1.09. The standard InChI is InChI=1S/C12H22/c1-6-9-11(5)12(8-3)10(4)7-2/h4,6-9H2,1-3,5H3/b12-11+. The summed E-state index contributed by atoms with van der Waals surface area (Å²) < 4.78 is 0. The van der Waals surface area contributed by atoms with Crippen LogP contribution < -0.4 is 0 Å². The molecule has 0 spiro atoms. The average Bonchev–Trinajstić information content (AvgIpc) is 2.06. The largest absolute Gasteiger partial charge is 0.0956 e. The normalized spacial score (nSPS) is 12.7. The summed E-state index contributed by atoms with van der Waals surface area (Å²) in [4.78, 5) is 0. The van der Waals surface area contributed by atoms with Crippen LogP contribution in [-0.2, 0) is 0 Å². The van der Waals surface area contributed by atoms with Gasteiger partial charge in [-0.05, 0) is 31.8 Å². The molecule has 12 heavy (non-hydrogen) atoms. The minimum absolute atomic E-state index is 1.09. The summed E-state index contributed by atoms with van der Waals surface area (Å²) in [7, 11) is 0. The lowest BCUT2D eigenvalue weighted by molar-refractivity contribution is 0.870. The van der Waals surface area contributed by atoms with Crippen molar-refractivity contribution < 1.29 is 0 Å². The molecule has 0 aromatic rings. The maximum absolute atomic E-state index is 4.09. The van der Waals surface area contributed by atoms with Gasteiger partial charge >= 0.3 is 0 Å². The minimum Gasteiger partial charge on any atom is -0.0956 e. The molecule has 0 atom stereocenters. The Morgan fingerprint density at radius 2 is 1.67 bits per heavy atom. The van der Waals surface area contributed by atoms with Crippen molar-refractivity contribution in [1.29, 1.82) is 0 Å². The predicted octanol–water partition coefficient (Wildman–Crippen LogP) is 4.48. The van der Waals surface area contributed by atoms with Gasteiger partial charge in [-0.3, -0.25) is 0 Å². The van der Waals surface area contributed by atoms with Crippen LogP contribution in [0.3, 0.4) is 0 Å². The third kappa shape index (κ3) is 3.25. The van der Waals surface area contributed by atoms with Crippen LogP contribution >= 0.6 is 0 Å². The van der Waals surface area contributed by atoms with E-state index in [-0.39, 0.29) is 0 Å². The molecule has 0 aromatic heterocycles. The molecule has 0 amide bonds. The van der Waals surface area contributed by atoms with Crippen molar-refractivity contribution in [1.82, 2.24) is 0 Å². The molecular formula is C12H22. The monoisotopic (exact) mass is 166 g/mol. The Labute approximate surface area is 77.4 Å². The fourth-order valence-electron chi connectivity index (χ4n) is 1.59.